The van der Waals surface area contributed by atoms with Gasteiger partial charge >= 0.3 is 0 Å². The van der Waals surface area contributed by atoms with Crippen molar-refractivity contribution < 1.29 is 14.3 Å². The van der Waals surface area contributed by atoms with Gasteiger partial charge in [0.1, 0.15) is 11.2 Å². The number of amides is 1. The van der Waals surface area contributed by atoms with Gasteiger partial charge in [-0.3, -0.25) is 14.0 Å². The summed E-state index contributed by atoms with van der Waals surface area (Å²) in [4.78, 5) is 32.4. The zero-order valence-electron chi connectivity index (χ0n) is 16.0. The minimum Gasteiger partial charge on any atom is -0.381 e. The summed E-state index contributed by atoms with van der Waals surface area (Å²) in [5, 5.41) is 0. The van der Waals surface area contributed by atoms with Crippen molar-refractivity contribution in [3.8, 4) is 0 Å². The zero-order chi connectivity index (χ0) is 19.2. The predicted octanol–water partition coefficient (Wildman–Crippen LogP) is 1.80. The van der Waals surface area contributed by atoms with E-state index in [2.05, 4.69) is 4.98 Å². The Bertz CT molecular complexity index is 940. The Morgan fingerprint density at radius 1 is 1.30 bits per heavy atom. The van der Waals surface area contributed by atoms with Crippen molar-refractivity contribution in [3.63, 3.8) is 0 Å². The van der Waals surface area contributed by atoms with Crippen molar-refractivity contribution in [2.24, 2.45) is 0 Å². The highest BCUT2D eigenvalue weighted by atomic mass is 16.5. The number of fused-ring (bicyclic) bond motifs is 2. The molecule has 2 aromatic heterocycles. The second kappa shape index (κ2) is 6.73. The summed E-state index contributed by atoms with van der Waals surface area (Å²) in [6.07, 6.45) is 4.77. The lowest BCUT2D eigenvalue weighted by Gasteiger charge is -2.43. The molecule has 1 saturated carbocycles. The lowest BCUT2D eigenvalue weighted by Crippen LogP contribution is -2.53. The zero-order valence-corrected chi connectivity index (χ0v) is 16.0. The molecule has 144 valence electrons. The topological polar surface area (TPSA) is 73.1 Å². The van der Waals surface area contributed by atoms with Gasteiger partial charge in [-0.05, 0) is 44.7 Å². The van der Waals surface area contributed by atoms with E-state index in [1.54, 1.807) is 25.2 Å². The number of carbonyl (C=O) groups is 1. The largest absolute Gasteiger partial charge is 0.381 e. The standard InChI is InChI=1S/C20H25N3O4/c1-13-5-4-6-17-21-12-15(19(25)23(13)17)18(24)22-10-9-20(27-3)8-7-14(26-2)11-16(20)22/h4-6,12,14,16H,7-11H2,1-3H3/t14-,16+,20-/m1/s1. The average molecular weight is 371 g/mol. The van der Waals surface area contributed by atoms with Gasteiger partial charge in [-0.25, -0.2) is 4.98 Å². The summed E-state index contributed by atoms with van der Waals surface area (Å²) in [5.74, 6) is -0.272. The fourth-order valence-corrected chi connectivity index (χ4v) is 4.70. The molecule has 1 saturated heterocycles. The summed E-state index contributed by atoms with van der Waals surface area (Å²) < 4.78 is 12.9. The van der Waals surface area contributed by atoms with E-state index in [1.807, 2.05) is 19.1 Å². The number of ether oxygens (including phenoxy) is 2. The maximum absolute atomic E-state index is 13.3. The van der Waals surface area contributed by atoms with Crippen LogP contribution in [0.3, 0.4) is 0 Å². The molecule has 0 aromatic carbocycles. The van der Waals surface area contributed by atoms with Crippen molar-refractivity contribution in [1.29, 1.82) is 0 Å². The van der Waals surface area contributed by atoms with Crippen molar-refractivity contribution in [3.05, 3.63) is 46.0 Å². The first-order valence-electron chi connectivity index (χ1n) is 9.37. The normalized spacial score (nSPS) is 27.7. The summed E-state index contributed by atoms with van der Waals surface area (Å²) in [6.45, 7) is 2.41. The quantitative estimate of drug-likeness (QED) is 0.823. The van der Waals surface area contributed by atoms with Crippen molar-refractivity contribution in [1.82, 2.24) is 14.3 Å². The molecular weight excluding hydrogens is 346 g/mol. The number of pyridine rings is 1. The van der Waals surface area contributed by atoms with Crippen LogP contribution in [0.2, 0.25) is 0 Å². The Kier molecular flexibility index (Phi) is 4.52. The molecule has 27 heavy (non-hydrogen) atoms. The van der Waals surface area contributed by atoms with E-state index in [1.165, 1.54) is 10.6 Å². The number of aromatic nitrogens is 2. The number of nitrogens with zero attached hydrogens (tertiary/aromatic N) is 3. The van der Waals surface area contributed by atoms with E-state index in [9.17, 15) is 9.59 Å². The number of carbonyl (C=O) groups excluding carboxylic acids is 1. The van der Waals surface area contributed by atoms with Crippen LogP contribution in [-0.2, 0) is 9.47 Å². The molecule has 0 bridgehead atoms. The molecule has 3 heterocycles. The van der Waals surface area contributed by atoms with Crippen LogP contribution >= 0.6 is 0 Å². The third kappa shape index (κ3) is 2.76. The first-order chi connectivity index (χ1) is 13.0. The first-order valence-corrected chi connectivity index (χ1v) is 9.37. The molecular formula is C20H25N3O4. The van der Waals surface area contributed by atoms with Crippen LogP contribution in [0.5, 0.6) is 0 Å². The summed E-state index contributed by atoms with van der Waals surface area (Å²) >= 11 is 0. The molecule has 0 unspecified atom stereocenters. The fraction of sp³-hybridized carbons (Fsp3) is 0.550. The van der Waals surface area contributed by atoms with Crippen LogP contribution in [0.15, 0.2) is 29.2 Å². The third-order valence-corrected chi connectivity index (χ3v) is 6.29. The lowest BCUT2D eigenvalue weighted by atomic mass is 9.79. The van der Waals surface area contributed by atoms with Crippen LogP contribution < -0.4 is 5.56 Å². The SMILES string of the molecule is CO[C@@H]1CC[C@@]2(OC)CCN(C(=O)c3cnc4cccc(C)n4c3=O)[C@H]2C1. The van der Waals surface area contributed by atoms with Crippen LogP contribution in [-0.4, -0.2) is 58.7 Å². The number of aryl methyl sites for hydroxylation is 1. The molecule has 0 spiro atoms. The second-order valence-electron chi connectivity index (χ2n) is 7.50. The molecule has 2 aromatic rings. The molecule has 1 amide bonds. The van der Waals surface area contributed by atoms with Crippen molar-refractivity contribution in [2.45, 2.75) is 50.4 Å². The van der Waals surface area contributed by atoms with E-state index in [-0.39, 0.29) is 34.8 Å². The van der Waals surface area contributed by atoms with Gasteiger partial charge in [0.15, 0.2) is 0 Å². The highest BCUT2D eigenvalue weighted by molar-refractivity contribution is 5.94. The molecule has 7 nitrogen and oxygen atoms in total. The van der Waals surface area contributed by atoms with Gasteiger partial charge < -0.3 is 14.4 Å². The van der Waals surface area contributed by atoms with Crippen LogP contribution in [0.1, 0.15) is 41.7 Å². The maximum Gasteiger partial charge on any atom is 0.270 e. The molecule has 2 aliphatic rings. The molecule has 1 aliphatic carbocycles. The Morgan fingerprint density at radius 3 is 2.85 bits per heavy atom. The predicted molar refractivity (Wildman–Crippen MR) is 100 cm³/mol. The van der Waals surface area contributed by atoms with E-state index in [4.69, 9.17) is 9.47 Å². The van der Waals surface area contributed by atoms with Gasteiger partial charge in [0.25, 0.3) is 11.5 Å². The molecule has 3 atom stereocenters. The smallest absolute Gasteiger partial charge is 0.270 e. The van der Waals surface area contributed by atoms with Gasteiger partial charge in [-0.15, -0.1) is 0 Å². The van der Waals surface area contributed by atoms with Crippen LogP contribution in [0.25, 0.3) is 5.65 Å². The molecule has 2 fully saturated rings. The average Bonchev–Trinajstić information content (AvgIpc) is 3.07. The second-order valence-corrected chi connectivity index (χ2v) is 7.50. The Morgan fingerprint density at radius 2 is 2.11 bits per heavy atom. The van der Waals surface area contributed by atoms with Gasteiger partial charge in [-0.1, -0.05) is 6.07 Å². The van der Waals surface area contributed by atoms with E-state index >= 15 is 0 Å². The minimum atomic E-state index is -0.346. The highest BCUT2D eigenvalue weighted by Crippen LogP contribution is 2.43. The van der Waals surface area contributed by atoms with E-state index in [0.717, 1.165) is 31.4 Å². The highest BCUT2D eigenvalue weighted by Gasteiger charge is 2.53. The monoisotopic (exact) mass is 371 g/mol. The Hall–Kier alpha value is -2.25. The van der Waals surface area contributed by atoms with Crippen LogP contribution in [0, 0.1) is 6.92 Å². The summed E-state index contributed by atoms with van der Waals surface area (Å²) in [7, 11) is 3.41. The van der Waals surface area contributed by atoms with Gasteiger partial charge in [0.05, 0.1) is 17.7 Å². The van der Waals surface area contributed by atoms with E-state index in [0.29, 0.717) is 12.2 Å². The number of rotatable bonds is 3. The lowest BCUT2D eigenvalue weighted by molar-refractivity contribution is -0.0893. The van der Waals surface area contributed by atoms with Crippen molar-refractivity contribution >= 4 is 11.6 Å². The van der Waals surface area contributed by atoms with Crippen LogP contribution in [0.4, 0.5) is 0 Å². The number of methoxy groups -OCH3 is 2. The van der Waals surface area contributed by atoms with E-state index < -0.39 is 0 Å². The molecule has 7 heteroatoms. The Balaban J connectivity index is 1.73. The molecule has 1 aliphatic heterocycles. The summed E-state index contributed by atoms with van der Waals surface area (Å²) in [6, 6.07) is 5.35. The van der Waals surface area contributed by atoms with Crippen molar-refractivity contribution in [2.75, 3.05) is 20.8 Å². The maximum atomic E-state index is 13.3. The molecule has 0 radical (unpaired) electrons. The van der Waals surface area contributed by atoms with Gasteiger partial charge in [0, 0.05) is 32.7 Å². The number of hydrogen-bond donors (Lipinski definition) is 0. The molecule has 0 N–H and O–H groups in total. The Labute approximate surface area is 157 Å². The first kappa shape index (κ1) is 18.1. The van der Waals surface area contributed by atoms with Gasteiger partial charge in [0.2, 0.25) is 0 Å². The summed E-state index contributed by atoms with van der Waals surface area (Å²) in [5.41, 5.74) is 0.734. The van der Waals surface area contributed by atoms with Gasteiger partial charge in [-0.2, -0.15) is 0 Å². The minimum absolute atomic E-state index is 0.0920. The fourth-order valence-electron chi connectivity index (χ4n) is 4.70. The molecule has 4 rings (SSSR count). The number of hydrogen-bond acceptors (Lipinski definition) is 5. The third-order valence-electron chi connectivity index (χ3n) is 6.29. The number of likely N-dealkylation sites (tertiary alicyclic amines) is 1.